The molecule has 0 aliphatic rings. The minimum Gasteiger partial charge on any atom is -0.440 e. The molecule has 0 N–H and O–H groups in total. The van der Waals surface area contributed by atoms with Crippen molar-refractivity contribution in [2.45, 2.75) is 13.3 Å². The average molecular weight is 269 g/mol. The molecule has 4 heteroatoms. The number of Topliss-reactive ketones (excluding diaryl/α,β-unsaturated/α-hetero) is 1. The van der Waals surface area contributed by atoms with Gasteiger partial charge < -0.3 is 4.42 Å². The van der Waals surface area contributed by atoms with Crippen molar-refractivity contribution in [2.24, 2.45) is 0 Å². The van der Waals surface area contributed by atoms with E-state index in [2.05, 4.69) is 4.98 Å². The molecular formula is C16H12FNO2. The summed E-state index contributed by atoms with van der Waals surface area (Å²) >= 11 is 0. The molecule has 0 radical (unpaired) electrons. The summed E-state index contributed by atoms with van der Waals surface area (Å²) in [6, 6.07) is 11.5. The number of hydrogen-bond donors (Lipinski definition) is 0. The highest BCUT2D eigenvalue weighted by atomic mass is 19.1. The van der Waals surface area contributed by atoms with E-state index in [4.69, 9.17) is 4.42 Å². The van der Waals surface area contributed by atoms with Crippen molar-refractivity contribution in [1.82, 2.24) is 4.98 Å². The third kappa shape index (κ3) is 2.32. The monoisotopic (exact) mass is 269 g/mol. The lowest BCUT2D eigenvalue weighted by Crippen LogP contribution is -2.06. The molecule has 0 saturated carbocycles. The van der Waals surface area contributed by atoms with Crippen LogP contribution in [0, 0.1) is 12.7 Å². The predicted molar refractivity (Wildman–Crippen MR) is 73.2 cm³/mol. The molecule has 2 aromatic carbocycles. The lowest BCUT2D eigenvalue weighted by molar-refractivity contribution is 0.0985. The second-order valence-electron chi connectivity index (χ2n) is 4.63. The summed E-state index contributed by atoms with van der Waals surface area (Å²) in [4.78, 5) is 16.5. The first-order valence-electron chi connectivity index (χ1n) is 6.27. The molecule has 0 atom stereocenters. The minimum atomic E-state index is -0.346. The van der Waals surface area contributed by atoms with Crippen LogP contribution >= 0.6 is 0 Å². The Kier molecular flexibility index (Phi) is 3.06. The minimum absolute atomic E-state index is 0.0706. The van der Waals surface area contributed by atoms with E-state index in [1.54, 1.807) is 13.0 Å². The molecule has 0 aliphatic carbocycles. The summed E-state index contributed by atoms with van der Waals surface area (Å²) in [6.45, 7) is 1.71. The van der Waals surface area contributed by atoms with Crippen LogP contribution < -0.4 is 0 Å². The first kappa shape index (κ1) is 12.5. The molecule has 0 spiro atoms. The Morgan fingerprint density at radius 1 is 1.25 bits per heavy atom. The maximum Gasteiger partial charge on any atom is 0.203 e. The Bertz CT molecular complexity index is 759. The van der Waals surface area contributed by atoms with Gasteiger partial charge in [0, 0.05) is 5.56 Å². The van der Waals surface area contributed by atoms with Crippen molar-refractivity contribution in [2.75, 3.05) is 0 Å². The number of ketones is 1. The Balaban J connectivity index is 1.88. The van der Waals surface area contributed by atoms with Gasteiger partial charge in [-0.05, 0) is 42.8 Å². The maximum absolute atomic E-state index is 13.0. The highest BCUT2D eigenvalue weighted by Crippen LogP contribution is 2.17. The molecule has 0 fully saturated rings. The van der Waals surface area contributed by atoms with E-state index < -0.39 is 0 Å². The lowest BCUT2D eigenvalue weighted by atomic mass is 10.0. The van der Waals surface area contributed by atoms with Crippen LogP contribution in [0.15, 0.2) is 46.9 Å². The molecule has 1 heterocycles. The molecule has 3 rings (SSSR count). The fourth-order valence-corrected chi connectivity index (χ4v) is 2.17. The zero-order valence-corrected chi connectivity index (χ0v) is 10.9. The standard InChI is InChI=1S/C16H12FNO2/c1-10-8-11(17)6-7-12(10)14(19)9-16-18-13-4-2-3-5-15(13)20-16/h2-8H,9H2,1H3. The molecule has 0 saturated heterocycles. The molecule has 0 bridgehead atoms. The van der Waals surface area contributed by atoms with Crippen LogP contribution in [0.2, 0.25) is 0 Å². The summed E-state index contributed by atoms with van der Waals surface area (Å²) in [5.74, 6) is -0.102. The largest absolute Gasteiger partial charge is 0.440 e. The van der Waals surface area contributed by atoms with Crippen molar-refractivity contribution in [3.8, 4) is 0 Å². The van der Waals surface area contributed by atoms with Crippen LogP contribution in [0.5, 0.6) is 0 Å². The SMILES string of the molecule is Cc1cc(F)ccc1C(=O)Cc1nc2ccccc2o1. The number of benzene rings is 2. The molecule has 0 amide bonds. The highest BCUT2D eigenvalue weighted by Gasteiger charge is 2.14. The number of fused-ring (bicyclic) bond motifs is 1. The van der Waals surface area contributed by atoms with Gasteiger partial charge in [-0.25, -0.2) is 9.37 Å². The highest BCUT2D eigenvalue weighted by molar-refractivity contribution is 5.98. The van der Waals surface area contributed by atoms with E-state index in [-0.39, 0.29) is 18.0 Å². The third-order valence-corrected chi connectivity index (χ3v) is 3.14. The molecule has 3 aromatic rings. The number of hydrogen-bond acceptors (Lipinski definition) is 3. The van der Waals surface area contributed by atoms with Gasteiger partial charge in [-0.3, -0.25) is 4.79 Å². The fourth-order valence-electron chi connectivity index (χ4n) is 2.17. The fraction of sp³-hybridized carbons (Fsp3) is 0.125. The number of nitrogens with zero attached hydrogens (tertiary/aromatic N) is 1. The quantitative estimate of drug-likeness (QED) is 0.681. The van der Waals surface area contributed by atoms with Gasteiger partial charge in [0.05, 0.1) is 6.42 Å². The third-order valence-electron chi connectivity index (χ3n) is 3.14. The molecule has 3 nitrogen and oxygen atoms in total. The molecule has 20 heavy (non-hydrogen) atoms. The van der Waals surface area contributed by atoms with Crippen molar-refractivity contribution < 1.29 is 13.6 Å². The lowest BCUT2D eigenvalue weighted by Gasteiger charge is -2.03. The van der Waals surface area contributed by atoms with E-state index in [1.165, 1.54) is 18.2 Å². The van der Waals surface area contributed by atoms with Gasteiger partial charge in [0.1, 0.15) is 11.3 Å². The van der Waals surface area contributed by atoms with E-state index >= 15 is 0 Å². The van der Waals surface area contributed by atoms with Crippen LogP contribution in [-0.4, -0.2) is 10.8 Å². The van der Waals surface area contributed by atoms with E-state index in [0.717, 1.165) is 5.52 Å². The molecule has 0 aliphatic heterocycles. The number of aryl methyl sites for hydroxylation is 1. The van der Waals surface area contributed by atoms with Crippen LogP contribution in [-0.2, 0) is 6.42 Å². The molecular weight excluding hydrogens is 257 g/mol. The number of oxazole rings is 1. The van der Waals surface area contributed by atoms with Crippen molar-refractivity contribution in [3.05, 3.63) is 65.3 Å². The first-order chi connectivity index (χ1) is 9.63. The van der Waals surface area contributed by atoms with Gasteiger partial charge >= 0.3 is 0 Å². The Morgan fingerprint density at radius 2 is 2.05 bits per heavy atom. The van der Waals surface area contributed by atoms with Gasteiger partial charge in [-0.15, -0.1) is 0 Å². The number of halogens is 1. The zero-order chi connectivity index (χ0) is 14.1. The van der Waals surface area contributed by atoms with Crippen molar-refractivity contribution >= 4 is 16.9 Å². The summed E-state index contributed by atoms with van der Waals surface area (Å²) in [6.07, 6.45) is 0.0706. The van der Waals surface area contributed by atoms with Gasteiger partial charge in [0.25, 0.3) is 0 Å². The van der Waals surface area contributed by atoms with Crippen LogP contribution in [0.3, 0.4) is 0 Å². The second kappa shape index (κ2) is 4.89. The van der Waals surface area contributed by atoms with Crippen LogP contribution in [0.25, 0.3) is 11.1 Å². The van der Waals surface area contributed by atoms with E-state index in [1.807, 2.05) is 18.2 Å². The Hall–Kier alpha value is -2.49. The van der Waals surface area contributed by atoms with E-state index in [9.17, 15) is 9.18 Å². The maximum atomic E-state index is 13.0. The van der Waals surface area contributed by atoms with Gasteiger partial charge in [-0.1, -0.05) is 12.1 Å². The number of aromatic nitrogens is 1. The van der Waals surface area contributed by atoms with Gasteiger partial charge in [-0.2, -0.15) is 0 Å². The first-order valence-corrected chi connectivity index (χ1v) is 6.27. The van der Waals surface area contributed by atoms with Crippen molar-refractivity contribution in [1.29, 1.82) is 0 Å². The summed E-state index contributed by atoms with van der Waals surface area (Å²) in [5, 5.41) is 0. The number of carbonyl (C=O) groups excluding carboxylic acids is 1. The molecule has 1 aromatic heterocycles. The average Bonchev–Trinajstić information content (AvgIpc) is 2.80. The van der Waals surface area contributed by atoms with Crippen LogP contribution in [0.1, 0.15) is 21.8 Å². The Morgan fingerprint density at radius 3 is 2.80 bits per heavy atom. The normalized spacial score (nSPS) is 10.9. The topological polar surface area (TPSA) is 43.1 Å². The summed E-state index contributed by atoms with van der Waals surface area (Å²) in [5.41, 5.74) is 2.50. The predicted octanol–water partition coefficient (Wildman–Crippen LogP) is 3.70. The Labute approximate surface area is 115 Å². The van der Waals surface area contributed by atoms with Crippen molar-refractivity contribution in [3.63, 3.8) is 0 Å². The van der Waals surface area contributed by atoms with Gasteiger partial charge in [0.15, 0.2) is 11.4 Å². The summed E-state index contributed by atoms with van der Waals surface area (Å²) < 4.78 is 18.6. The summed E-state index contributed by atoms with van der Waals surface area (Å²) in [7, 11) is 0. The second-order valence-corrected chi connectivity index (χ2v) is 4.63. The molecule has 100 valence electrons. The van der Waals surface area contributed by atoms with E-state index in [0.29, 0.717) is 22.6 Å². The number of para-hydroxylation sites is 2. The number of carbonyl (C=O) groups is 1. The molecule has 0 unspecified atom stereocenters. The number of rotatable bonds is 3. The van der Waals surface area contributed by atoms with Crippen LogP contribution in [0.4, 0.5) is 4.39 Å². The zero-order valence-electron chi connectivity index (χ0n) is 10.9. The smallest absolute Gasteiger partial charge is 0.203 e. The van der Waals surface area contributed by atoms with Gasteiger partial charge in [0.2, 0.25) is 5.89 Å².